The van der Waals surface area contributed by atoms with Gasteiger partial charge in [0.2, 0.25) is 0 Å². The van der Waals surface area contributed by atoms with E-state index in [1.54, 1.807) is 12.1 Å². The minimum Gasteiger partial charge on any atom is -0.236 e. The molecule has 0 fully saturated rings. The van der Waals surface area contributed by atoms with Gasteiger partial charge in [-0.1, -0.05) is 29.8 Å². The lowest BCUT2D eigenvalue weighted by molar-refractivity contribution is -0.137. The molecule has 0 saturated carbocycles. The summed E-state index contributed by atoms with van der Waals surface area (Å²) < 4.78 is 37.2. The largest absolute Gasteiger partial charge is 0.416 e. The fourth-order valence-electron chi connectivity index (χ4n) is 1.49. The van der Waals surface area contributed by atoms with Crippen molar-refractivity contribution in [1.82, 2.24) is 4.98 Å². The van der Waals surface area contributed by atoms with Crippen LogP contribution in [0.3, 0.4) is 0 Å². The smallest absolute Gasteiger partial charge is 0.236 e. The molecule has 5 heteroatoms. The maximum Gasteiger partial charge on any atom is 0.416 e. The van der Waals surface area contributed by atoms with Crippen LogP contribution < -0.4 is 0 Å². The van der Waals surface area contributed by atoms with E-state index in [2.05, 4.69) is 4.98 Å². The number of alkyl halides is 3. The normalized spacial score (nSPS) is 11.6. The van der Waals surface area contributed by atoms with Gasteiger partial charge in [-0.3, -0.25) is 0 Å². The molecule has 0 atom stereocenters. The number of halogens is 4. The van der Waals surface area contributed by atoms with Gasteiger partial charge in [-0.05, 0) is 30.7 Å². The van der Waals surface area contributed by atoms with E-state index in [1.165, 1.54) is 12.1 Å². The fraction of sp³-hybridized carbons (Fsp3) is 0.154. The lowest BCUT2D eigenvalue weighted by Crippen LogP contribution is -2.04. The monoisotopic (exact) mass is 271 g/mol. The van der Waals surface area contributed by atoms with Crippen molar-refractivity contribution in [2.24, 2.45) is 0 Å². The summed E-state index contributed by atoms with van der Waals surface area (Å²) in [4.78, 5) is 4.12. The van der Waals surface area contributed by atoms with Crippen LogP contribution in [0, 0.1) is 6.92 Å². The van der Waals surface area contributed by atoms with E-state index in [0.717, 1.165) is 17.7 Å². The van der Waals surface area contributed by atoms with Gasteiger partial charge in [0.25, 0.3) is 0 Å². The van der Waals surface area contributed by atoms with Crippen LogP contribution in [0.2, 0.25) is 5.15 Å². The van der Waals surface area contributed by atoms with Crippen molar-refractivity contribution in [3.05, 3.63) is 52.7 Å². The summed E-state index contributed by atoms with van der Waals surface area (Å²) in [5.74, 6) is 0. The van der Waals surface area contributed by atoms with Crippen LogP contribution >= 0.6 is 11.6 Å². The minimum atomic E-state index is -4.32. The average molecular weight is 272 g/mol. The Morgan fingerprint density at radius 2 is 1.61 bits per heavy atom. The first-order valence-electron chi connectivity index (χ1n) is 5.19. The number of rotatable bonds is 1. The number of pyridine rings is 1. The van der Waals surface area contributed by atoms with Crippen LogP contribution in [-0.2, 0) is 6.18 Å². The van der Waals surface area contributed by atoms with Gasteiger partial charge in [-0.2, -0.15) is 13.2 Å². The molecule has 0 unspecified atom stereocenters. The fourth-order valence-corrected chi connectivity index (χ4v) is 1.65. The van der Waals surface area contributed by atoms with Crippen molar-refractivity contribution >= 4 is 11.6 Å². The average Bonchev–Trinajstić information content (AvgIpc) is 2.32. The van der Waals surface area contributed by atoms with Gasteiger partial charge in [0.05, 0.1) is 11.3 Å². The zero-order chi connectivity index (χ0) is 13.3. The standard InChI is InChI=1S/C13H9ClF3N/c1-8-2-7-11(18-12(8)14)9-3-5-10(6-4-9)13(15,16)17/h2-7H,1H3. The highest BCUT2D eigenvalue weighted by atomic mass is 35.5. The molecule has 1 aromatic heterocycles. The second kappa shape index (κ2) is 4.61. The molecule has 0 aliphatic carbocycles. The maximum absolute atomic E-state index is 12.4. The molecular formula is C13H9ClF3N. The lowest BCUT2D eigenvalue weighted by atomic mass is 10.1. The van der Waals surface area contributed by atoms with E-state index >= 15 is 0 Å². The molecule has 2 aromatic rings. The van der Waals surface area contributed by atoms with Gasteiger partial charge in [0, 0.05) is 5.56 Å². The second-order valence-corrected chi connectivity index (χ2v) is 4.24. The molecule has 0 amide bonds. The van der Waals surface area contributed by atoms with E-state index in [9.17, 15) is 13.2 Å². The molecule has 1 heterocycles. The van der Waals surface area contributed by atoms with Crippen molar-refractivity contribution in [3.63, 3.8) is 0 Å². The Morgan fingerprint density at radius 3 is 2.11 bits per heavy atom. The highest BCUT2D eigenvalue weighted by molar-refractivity contribution is 6.30. The van der Waals surface area contributed by atoms with Crippen molar-refractivity contribution in [2.45, 2.75) is 13.1 Å². The topological polar surface area (TPSA) is 12.9 Å². The quantitative estimate of drug-likeness (QED) is 0.683. The number of aromatic nitrogens is 1. The van der Waals surface area contributed by atoms with Crippen LogP contribution in [0.15, 0.2) is 36.4 Å². The third-order valence-electron chi connectivity index (χ3n) is 2.54. The Morgan fingerprint density at radius 1 is 1.00 bits per heavy atom. The Labute approximate surface area is 107 Å². The molecule has 2 rings (SSSR count). The predicted molar refractivity (Wildman–Crippen MR) is 64.4 cm³/mol. The van der Waals surface area contributed by atoms with Crippen molar-refractivity contribution in [1.29, 1.82) is 0 Å². The Kier molecular flexibility index (Phi) is 3.30. The highest BCUT2D eigenvalue weighted by Crippen LogP contribution is 2.30. The Balaban J connectivity index is 2.37. The summed E-state index contributed by atoms with van der Waals surface area (Å²) in [5.41, 5.74) is 1.31. The van der Waals surface area contributed by atoms with Crippen molar-refractivity contribution < 1.29 is 13.2 Å². The molecule has 0 radical (unpaired) electrons. The summed E-state index contributed by atoms with van der Waals surface area (Å²) in [6.07, 6.45) is -4.32. The SMILES string of the molecule is Cc1ccc(-c2ccc(C(F)(F)F)cc2)nc1Cl. The molecule has 1 aromatic carbocycles. The molecular weight excluding hydrogens is 263 g/mol. The number of hydrogen-bond acceptors (Lipinski definition) is 1. The zero-order valence-corrected chi connectivity index (χ0v) is 10.2. The van der Waals surface area contributed by atoms with Crippen LogP contribution in [0.25, 0.3) is 11.3 Å². The first kappa shape index (κ1) is 12.9. The summed E-state index contributed by atoms with van der Waals surface area (Å²) in [6, 6.07) is 8.34. The highest BCUT2D eigenvalue weighted by Gasteiger charge is 2.29. The number of aryl methyl sites for hydroxylation is 1. The van der Waals surface area contributed by atoms with Crippen molar-refractivity contribution in [2.75, 3.05) is 0 Å². The van der Waals surface area contributed by atoms with E-state index in [0.29, 0.717) is 16.4 Å². The molecule has 94 valence electrons. The van der Waals surface area contributed by atoms with Crippen LogP contribution in [0.4, 0.5) is 13.2 Å². The Bertz CT molecular complexity index is 561. The molecule has 0 saturated heterocycles. The summed E-state index contributed by atoms with van der Waals surface area (Å²) >= 11 is 5.88. The van der Waals surface area contributed by atoms with E-state index in [-0.39, 0.29) is 0 Å². The number of nitrogens with zero attached hydrogens (tertiary/aromatic N) is 1. The molecule has 0 N–H and O–H groups in total. The first-order chi connectivity index (χ1) is 8.38. The molecule has 0 aliphatic heterocycles. The Hall–Kier alpha value is -1.55. The predicted octanol–water partition coefficient (Wildman–Crippen LogP) is 4.73. The summed E-state index contributed by atoms with van der Waals surface area (Å²) in [7, 11) is 0. The van der Waals surface area contributed by atoms with Gasteiger partial charge in [0.1, 0.15) is 5.15 Å². The van der Waals surface area contributed by atoms with Gasteiger partial charge < -0.3 is 0 Å². The lowest BCUT2D eigenvalue weighted by Gasteiger charge is -2.08. The van der Waals surface area contributed by atoms with Crippen LogP contribution in [0.1, 0.15) is 11.1 Å². The molecule has 0 bridgehead atoms. The third kappa shape index (κ3) is 2.64. The van der Waals surface area contributed by atoms with Gasteiger partial charge in [-0.25, -0.2) is 4.98 Å². The van der Waals surface area contributed by atoms with Gasteiger partial charge in [-0.15, -0.1) is 0 Å². The first-order valence-corrected chi connectivity index (χ1v) is 5.56. The molecule has 0 aliphatic rings. The molecule has 1 nitrogen and oxygen atoms in total. The molecule has 18 heavy (non-hydrogen) atoms. The number of benzene rings is 1. The van der Waals surface area contributed by atoms with Gasteiger partial charge in [0.15, 0.2) is 0 Å². The number of hydrogen-bond donors (Lipinski definition) is 0. The van der Waals surface area contributed by atoms with Crippen LogP contribution in [0.5, 0.6) is 0 Å². The van der Waals surface area contributed by atoms with Crippen LogP contribution in [-0.4, -0.2) is 4.98 Å². The minimum absolute atomic E-state index is 0.354. The third-order valence-corrected chi connectivity index (χ3v) is 2.93. The van der Waals surface area contributed by atoms with E-state index < -0.39 is 11.7 Å². The van der Waals surface area contributed by atoms with E-state index in [4.69, 9.17) is 11.6 Å². The summed E-state index contributed by atoms with van der Waals surface area (Å²) in [6.45, 7) is 1.81. The second-order valence-electron chi connectivity index (χ2n) is 3.88. The summed E-state index contributed by atoms with van der Waals surface area (Å²) in [5, 5.41) is 0.354. The zero-order valence-electron chi connectivity index (χ0n) is 9.42. The van der Waals surface area contributed by atoms with Crippen molar-refractivity contribution in [3.8, 4) is 11.3 Å². The molecule has 0 spiro atoms. The van der Waals surface area contributed by atoms with E-state index in [1.807, 2.05) is 6.92 Å². The van der Waals surface area contributed by atoms with Gasteiger partial charge >= 0.3 is 6.18 Å². The maximum atomic E-state index is 12.4.